The van der Waals surface area contributed by atoms with Crippen molar-refractivity contribution in [3.63, 3.8) is 0 Å². The van der Waals surface area contributed by atoms with Crippen molar-refractivity contribution in [3.8, 4) is 5.75 Å². The molecule has 0 unspecified atom stereocenters. The Bertz CT molecular complexity index is 493. The molecule has 2 rings (SSSR count). The quantitative estimate of drug-likeness (QED) is 0.857. The molecule has 0 radical (unpaired) electrons. The minimum absolute atomic E-state index is 0.00325. The molecule has 0 bridgehead atoms. The molecule has 1 aromatic rings. The second-order valence-electron chi connectivity index (χ2n) is 4.54. The zero-order valence-electron chi connectivity index (χ0n) is 9.64. The van der Waals surface area contributed by atoms with E-state index in [1.54, 1.807) is 6.92 Å². The van der Waals surface area contributed by atoms with E-state index in [9.17, 15) is 23.1 Å². The average Bonchev–Trinajstić information content (AvgIpc) is 3.02. The van der Waals surface area contributed by atoms with E-state index in [0.29, 0.717) is 5.56 Å². The number of carbonyl (C=O) groups excluding carboxylic acids is 1. The number of halogens is 3. The van der Waals surface area contributed by atoms with E-state index in [1.807, 2.05) is 5.32 Å². The Morgan fingerprint density at radius 2 is 2.00 bits per heavy atom. The summed E-state index contributed by atoms with van der Waals surface area (Å²) in [7, 11) is 0. The Balaban J connectivity index is 2.16. The average molecular weight is 259 g/mol. The van der Waals surface area contributed by atoms with Gasteiger partial charge in [-0.2, -0.15) is 13.2 Å². The van der Waals surface area contributed by atoms with Crippen molar-refractivity contribution < 1.29 is 23.1 Å². The SMILES string of the molecule is Cc1cc(C(=O)NC2(C(F)(F)F)CC2)ccc1O. The van der Waals surface area contributed by atoms with Crippen LogP contribution >= 0.6 is 0 Å². The van der Waals surface area contributed by atoms with Gasteiger partial charge in [0.2, 0.25) is 0 Å². The van der Waals surface area contributed by atoms with Gasteiger partial charge in [0.15, 0.2) is 0 Å². The highest BCUT2D eigenvalue weighted by Crippen LogP contribution is 2.49. The summed E-state index contributed by atoms with van der Waals surface area (Å²) >= 11 is 0. The first kappa shape index (κ1) is 12.7. The lowest BCUT2D eigenvalue weighted by Crippen LogP contribution is -2.47. The summed E-state index contributed by atoms with van der Waals surface area (Å²) in [5.74, 6) is -0.767. The summed E-state index contributed by atoms with van der Waals surface area (Å²) in [6.07, 6.45) is -4.59. The molecule has 1 saturated carbocycles. The topological polar surface area (TPSA) is 49.3 Å². The lowest BCUT2D eigenvalue weighted by atomic mass is 10.1. The summed E-state index contributed by atoms with van der Waals surface area (Å²) in [4.78, 5) is 11.7. The third kappa shape index (κ3) is 2.14. The number of hydrogen-bond acceptors (Lipinski definition) is 2. The second kappa shape index (κ2) is 3.90. The molecule has 18 heavy (non-hydrogen) atoms. The van der Waals surface area contributed by atoms with Gasteiger partial charge in [0.1, 0.15) is 11.3 Å². The number of nitrogens with one attached hydrogen (secondary N) is 1. The molecule has 0 atom stereocenters. The van der Waals surface area contributed by atoms with Crippen molar-refractivity contribution in [3.05, 3.63) is 29.3 Å². The molecule has 1 aromatic carbocycles. The molecule has 0 heterocycles. The first-order valence-corrected chi connectivity index (χ1v) is 5.44. The van der Waals surface area contributed by atoms with E-state index < -0.39 is 17.6 Å². The molecule has 0 aliphatic heterocycles. The molecular formula is C12H12F3NO2. The summed E-state index contributed by atoms with van der Waals surface area (Å²) < 4.78 is 38.0. The fourth-order valence-electron chi connectivity index (χ4n) is 1.69. The predicted molar refractivity (Wildman–Crippen MR) is 58.3 cm³/mol. The van der Waals surface area contributed by atoms with Crippen LogP contribution in [0.25, 0.3) is 0 Å². The number of benzene rings is 1. The highest BCUT2D eigenvalue weighted by molar-refractivity contribution is 5.95. The van der Waals surface area contributed by atoms with Crippen molar-refractivity contribution in [2.45, 2.75) is 31.5 Å². The van der Waals surface area contributed by atoms with Gasteiger partial charge >= 0.3 is 6.18 Å². The van der Waals surface area contributed by atoms with Gasteiger partial charge in [0.05, 0.1) is 0 Å². The zero-order valence-corrected chi connectivity index (χ0v) is 9.64. The second-order valence-corrected chi connectivity index (χ2v) is 4.54. The van der Waals surface area contributed by atoms with E-state index in [1.165, 1.54) is 18.2 Å². The Morgan fingerprint density at radius 3 is 2.44 bits per heavy atom. The van der Waals surface area contributed by atoms with Gasteiger partial charge in [-0.1, -0.05) is 0 Å². The fraction of sp³-hybridized carbons (Fsp3) is 0.417. The number of aromatic hydroxyl groups is 1. The number of rotatable bonds is 2. The fourth-order valence-corrected chi connectivity index (χ4v) is 1.69. The molecule has 0 saturated heterocycles. The van der Waals surface area contributed by atoms with Crippen molar-refractivity contribution in [1.82, 2.24) is 5.32 Å². The molecule has 98 valence electrons. The van der Waals surface area contributed by atoms with E-state index >= 15 is 0 Å². The maximum Gasteiger partial charge on any atom is 0.411 e. The van der Waals surface area contributed by atoms with Crippen LogP contribution < -0.4 is 5.32 Å². The minimum Gasteiger partial charge on any atom is -0.508 e. The Kier molecular flexibility index (Phi) is 2.76. The van der Waals surface area contributed by atoms with Crippen molar-refractivity contribution in [1.29, 1.82) is 0 Å². The molecule has 1 aliphatic rings. The highest BCUT2D eigenvalue weighted by atomic mass is 19.4. The van der Waals surface area contributed by atoms with Crippen LogP contribution in [-0.4, -0.2) is 22.7 Å². The van der Waals surface area contributed by atoms with Gasteiger partial charge in [-0.3, -0.25) is 4.79 Å². The highest BCUT2D eigenvalue weighted by Gasteiger charge is 2.64. The van der Waals surface area contributed by atoms with Gasteiger partial charge in [0.25, 0.3) is 5.91 Å². The number of alkyl halides is 3. The maximum absolute atomic E-state index is 12.7. The molecule has 1 aliphatic carbocycles. The summed E-state index contributed by atoms with van der Waals surface area (Å²) in [6, 6.07) is 3.94. The van der Waals surface area contributed by atoms with Gasteiger partial charge < -0.3 is 10.4 Å². The van der Waals surface area contributed by atoms with Crippen LogP contribution in [0.15, 0.2) is 18.2 Å². The monoisotopic (exact) mass is 259 g/mol. The van der Waals surface area contributed by atoms with Crippen molar-refractivity contribution in [2.75, 3.05) is 0 Å². The number of amides is 1. The predicted octanol–water partition coefficient (Wildman–Crippen LogP) is 2.53. The standard InChI is InChI=1S/C12H12F3NO2/c1-7-6-8(2-3-9(7)17)10(18)16-11(4-5-11)12(13,14)15/h2-3,6,17H,4-5H2,1H3,(H,16,18). The minimum atomic E-state index is -4.42. The summed E-state index contributed by atoms with van der Waals surface area (Å²) in [5, 5.41) is 11.3. The van der Waals surface area contributed by atoms with E-state index in [0.717, 1.165) is 0 Å². The third-order valence-electron chi connectivity index (χ3n) is 3.10. The molecular weight excluding hydrogens is 247 g/mol. The molecule has 1 amide bonds. The first-order chi connectivity index (χ1) is 8.25. The van der Waals surface area contributed by atoms with Gasteiger partial charge in [-0.25, -0.2) is 0 Å². The third-order valence-corrected chi connectivity index (χ3v) is 3.10. The Hall–Kier alpha value is -1.72. The first-order valence-electron chi connectivity index (χ1n) is 5.44. The van der Waals surface area contributed by atoms with Gasteiger partial charge in [-0.15, -0.1) is 0 Å². The summed E-state index contributed by atoms with van der Waals surface area (Å²) in [5.41, 5.74) is -1.50. The van der Waals surface area contributed by atoms with Gasteiger partial charge in [-0.05, 0) is 43.5 Å². The van der Waals surface area contributed by atoms with Crippen LogP contribution in [0.1, 0.15) is 28.8 Å². The largest absolute Gasteiger partial charge is 0.508 e. The number of carbonyl (C=O) groups is 1. The molecule has 2 N–H and O–H groups in total. The van der Waals surface area contributed by atoms with Crippen LogP contribution in [0.3, 0.4) is 0 Å². The number of phenols is 1. The molecule has 0 aromatic heterocycles. The van der Waals surface area contributed by atoms with Crippen LogP contribution in [0.2, 0.25) is 0 Å². The van der Waals surface area contributed by atoms with Crippen molar-refractivity contribution >= 4 is 5.91 Å². The molecule has 3 nitrogen and oxygen atoms in total. The number of phenolic OH excluding ortho intramolecular Hbond substituents is 1. The lowest BCUT2D eigenvalue weighted by molar-refractivity contribution is -0.163. The molecule has 0 spiro atoms. The van der Waals surface area contributed by atoms with E-state index in [-0.39, 0.29) is 24.2 Å². The van der Waals surface area contributed by atoms with Crippen molar-refractivity contribution in [2.24, 2.45) is 0 Å². The normalized spacial score (nSPS) is 17.3. The van der Waals surface area contributed by atoms with Gasteiger partial charge in [0, 0.05) is 5.56 Å². The number of aryl methyl sites for hydroxylation is 1. The maximum atomic E-state index is 12.7. The molecule has 6 heteroatoms. The lowest BCUT2D eigenvalue weighted by Gasteiger charge is -2.20. The summed E-state index contributed by atoms with van der Waals surface area (Å²) in [6.45, 7) is 1.57. The molecule has 1 fully saturated rings. The van der Waals surface area contributed by atoms with E-state index in [2.05, 4.69) is 0 Å². The van der Waals surface area contributed by atoms with E-state index in [4.69, 9.17) is 0 Å². The Labute approximate surface area is 102 Å². The van der Waals surface area contributed by atoms with Crippen LogP contribution in [-0.2, 0) is 0 Å². The van der Waals surface area contributed by atoms with Crippen LogP contribution in [0, 0.1) is 6.92 Å². The van der Waals surface area contributed by atoms with Crippen LogP contribution in [0.5, 0.6) is 5.75 Å². The zero-order chi connectivity index (χ0) is 13.6. The van der Waals surface area contributed by atoms with Crippen LogP contribution in [0.4, 0.5) is 13.2 Å². The number of hydrogen-bond donors (Lipinski definition) is 2. The Morgan fingerprint density at radius 1 is 1.39 bits per heavy atom. The smallest absolute Gasteiger partial charge is 0.411 e.